The van der Waals surface area contributed by atoms with E-state index < -0.39 is 16.3 Å². The maximum Gasteiger partial charge on any atom is 0.271 e. The van der Waals surface area contributed by atoms with Crippen molar-refractivity contribution in [2.45, 2.75) is 89.0 Å². The molecule has 9 heteroatoms. The second-order valence-electron chi connectivity index (χ2n) is 12.3. The van der Waals surface area contributed by atoms with E-state index in [9.17, 15) is 9.00 Å². The predicted octanol–water partition coefficient (Wildman–Crippen LogP) is 6.01. The monoisotopic (exact) mass is 555 g/mol. The minimum atomic E-state index is -1.01. The Morgan fingerprint density at radius 1 is 1.16 bits per heavy atom. The average Bonchev–Trinajstić information content (AvgIpc) is 2.83. The number of piperidine rings is 1. The maximum atomic E-state index is 13.4. The topological polar surface area (TPSA) is 80.1 Å². The van der Waals surface area contributed by atoms with E-state index in [0.717, 1.165) is 42.1 Å². The first kappa shape index (κ1) is 27.3. The molecular formula is C29H38ClN5O2S. The Morgan fingerprint density at radius 2 is 1.84 bits per heavy atom. The van der Waals surface area contributed by atoms with Crippen molar-refractivity contribution in [3.05, 3.63) is 51.4 Å². The van der Waals surface area contributed by atoms with E-state index in [2.05, 4.69) is 34.0 Å². The van der Waals surface area contributed by atoms with Gasteiger partial charge < -0.3 is 10.2 Å². The Morgan fingerprint density at radius 3 is 2.45 bits per heavy atom. The Labute approximate surface area is 232 Å². The van der Waals surface area contributed by atoms with Gasteiger partial charge in [0.1, 0.15) is 10.7 Å². The number of aryl methyl sites for hydroxylation is 1. The highest BCUT2D eigenvalue weighted by atomic mass is 35.5. The number of pyridine rings is 1. The fraction of sp³-hybridized carbons (Fsp3) is 0.552. The van der Waals surface area contributed by atoms with E-state index in [1.165, 1.54) is 12.8 Å². The Bertz CT molecular complexity index is 1450. The summed E-state index contributed by atoms with van der Waals surface area (Å²) >= 11 is 6.19. The van der Waals surface area contributed by atoms with Crippen LogP contribution < -0.4 is 10.9 Å². The molecule has 0 bridgehead atoms. The molecule has 1 unspecified atom stereocenters. The SMILES string of the molecule is Cc1cc(S(=O)C2CC3(CCN(C(C)C)CC3)C2)ccc1Nc1ncc2cc(Cl)c(=O)n(C(C)(C)C)c2n1. The van der Waals surface area contributed by atoms with Gasteiger partial charge in [0, 0.05) is 39.0 Å². The maximum absolute atomic E-state index is 13.4. The molecule has 2 aliphatic rings. The van der Waals surface area contributed by atoms with Crippen molar-refractivity contribution in [2.75, 3.05) is 18.4 Å². The van der Waals surface area contributed by atoms with Crippen molar-refractivity contribution < 1.29 is 4.21 Å². The van der Waals surface area contributed by atoms with Crippen LogP contribution in [0.4, 0.5) is 11.6 Å². The van der Waals surface area contributed by atoms with E-state index >= 15 is 0 Å². The fourth-order valence-electron chi connectivity index (χ4n) is 5.94. The lowest BCUT2D eigenvalue weighted by Gasteiger charge is -2.52. The molecule has 38 heavy (non-hydrogen) atoms. The van der Waals surface area contributed by atoms with Crippen molar-refractivity contribution >= 4 is 45.1 Å². The first-order chi connectivity index (χ1) is 17.9. The molecule has 1 aromatic carbocycles. The zero-order valence-electron chi connectivity index (χ0n) is 23.2. The average molecular weight is 556 g/mol. The van der Waals surface area contributed by atoms with Gasteiger partial charge in [-0.1, -0.05) is 11.6 Å². The number of nitrogens with one attached hydrogen (secondary N) is 1. The van der Waals surface area contributed by atoms with Crippen LogP contribution >= 0.6 is 11.6 Å². The number of anilines is 2. The van der Waals surface area contributed by atoms with Crippen molar-refractivity contribution in [3.63, 3.8) is 0 Å². The van der Waals surface area contributed by atoms with Gasteiger partial charge in [-0.2, -0.15) is 4.98 Å². The van der Waals surface area contributed by atoms with Gasteiger partial charge in [-0.3, -0.25) is 13.6 Å². The van der Waals surface area contributed by atoms with Crippen LogP contribution in [-0.4, -0.2) is 48.0 Å². The number of likely N-dealkylation sites (tertiary alicyclic amines) is 1. The molecule has 3 heterocycles. The first-order valence-electron chi connectivity index (χ1n) is 13.5. The summed E-state index contributed by atoms with van der Waals surface area (Å²) in [5, 5.41) is 4.37. The number of rotatable bonds is 5. The van der Waals surface area contributed by atoms with Gasteiger partial charge in [0.25, 0.3) is 5.56 Å². The third-order valence-electron chi connectivity index (χ3n) is 8.26. The number of hydrogen-bond donors (Lipinski definition) is 1. The predicted molar refractivity (Wildman–Crippen MR) is 156 cm³/mol. The number of aromatic nitrogens is 3. The molecule has 2 aromatic heterocycles. The molecule has 1 aliphatic heterocycles. The summed E-state index contributed by atoms with van der Waals surface area (Å²) in [6.45, 7) is 14.7. The van der Waals surface area contributed by atoms with E-state index in [4.69, 9.17) is 11.6 Å². The van der Waals surface area contributed by atoms with Crippen molar-refractivity contribution in [3.8, 4) is 0 Å². The van der Waals surface area contributed by atoms with Crippen molar-refractivity contribution in [1.29, 1.82) is 0 Å². The van der Waals surface area contributed by atoms with Gasteiger partial charge in [-0.05, 0) is 116 Å². The third kappa shape index (κ3) is 5.15. The molecule has 1 saturated heterocycles. The summed E-state index contributed by atoms with van der Waals surface area (Å²) < 4.78 is 15.0. The molecule has 5 rings (SSSR count). The van der Waals surface area contributed by atoms with Crippen LogP contribution in [0.3, 0.4) is 0 Å². The van der Waals surface area contributed by atoms with Crippen LogP contribution in [0.25, 0.3) is 11.0 Å². The Hall–Kier alpha value is -2.29. The van der Waals surface area contributed by atoms with Crippen LogP contribution in [0.5, 0.6) is 0 Å². The van der Waals surface area contributed by atoms with Gasteiger partial charge in [-0.25, -0.2) is 4.98 Å². The molecule has 1 N–H and O–H groups in total. The second kappa shape index (κ2) is 10.0. The first-order valence-corrected chi connectivity index (χ1v) is 15.1. The fourth-order valence-corrected chi connectivity index (χ4v) is 8.03. The van der Waals surface area contributed by atoms with Crippen LogP contribution in [0, 0.1) is 12.3 Å². The molecule has 7 nitrogen and oxygen atoms in total. The summed E-state index contributed by atoms with van der Waals surface area (Å²) in [5.74, 6) is 0.392. The van der Waals surface area contributed by atoms with Crippen molar-refractivity contribution in [1.82, 2.24) is 19.4 Å². The molecule has 204 valence electrons. The lowest BCUT2D eigenvalue weighted by atomic mass is 9.63. The minimum absolute atomic E-state index is 0.148. The zero-order chi connectivity index (χ0) is 27.4. The molecule has 1 aliphatic carbocycles. The minimum Gasteiger partial charge on any atom is -0.324 e. The van der Waals surface area contributed by atoms with Crippen LogP contribution in [0.2, 0.25) is 5.02 Å². The number of hydrogen-bond acceptors (Lipinski definition) is 6. The number of benzene rings is 1. The summed E-state index contributed by atoms with van der Waals surface area (Å²) in [7, 11) is -1.01. The van der Waals surface area contributed by atoms with Crippen LogP contribution in [-0.2, 0) is 16.3 Å². The largest absolute Gasteiger partial charge is 0.324 e. The highest BCUT2D eigenvalue weighted by Crippen LogP contribution is 2.52. The molecule has 0 radical (unpaired) electrons. The summed E-state index contributed by atoms with van der Waals surface area (Å²) in [5.41, 5.74) is 1.96. The number of nitrogens with zero attached hydrogens (tertiary/aromatic N) is 4. The lowest BCUT2D eigenvalue weighted by Crippen LogP contribution is -2.51. The third-order valence-corrected chi connectivity index (χ3v) is 10.2. The lowest BCUT2D eigenvalue weighted by molar-refractivity contribution is 0.0257. The summed E-state index contributed by atoms with van der Waals surface area (Å²) in [6, 6.07) is 8.12. The van der Waals surface area contributed by atoms with Gasteiger partial charge in [0.05, 0.1) is 10.8 Å². The van der Waals surface area contributed by atoms with Gasteiger partial charge in [0.15, 0.2) is 0 Å². The van der Waals surface area contributed by atoms with E-state index in [1.807, 2.05) is 45.9 Å². The molecule has 3 aromatic rings. The van der Waals surface area contributed by atoms with E-state index in [0.29, 0.717) is 28.4 Å². The summed E-state index contributed by atoms with van der Waals surface area (Å²) in [6.07, 6.45) is 6.25. The highest BCUT2D eigenvalue weighted by Gasteiger charge is 2.48. The number of fused-ring (bicyclic) bond motifs is 1. The molecular weight excluding hydrogens is 518 g/mol. The smallest absolute Gasteiger partial charge is 0.271 e. The molecule has 2 fully saturated rings. The van der Waals surface area contributed by atoms with Crippen molar-refractivity contribution in [2.24, 2.45) is 5.41 Å². The molecule has 1 atom stereocenters. The Balaban J connectivity index is 1.31. The summed E-state index contributed by atoms with van der Waals surface area (Å²) in [4.78, 5) is 25.4. The molecule has 1 spiro atoms. The van der Waals surface area contributed by atoms with E-state index in [-0.39, 0.29) is 15.8 Å². The van der Waals surface area contributed by atoms with Crippen LogP contribution in [0.15, 0.2) is 40.2 Å². The zero-order valence-corrected chi connectivity index (χ0v) is 24.7. The quantitative estimate of drug-likeness (QED) is 0.415. The normalized spacial score (nSPS) is 19.2. The Kier molecular flexibility index (Phi) is 7.20. The van der Waals surface area contributed by atoms with Gasteiger partial charge in [0.2, 0.25) is 5.95 Å². The number of halogens is 1. The van der Waals surface area contributed by atoms with Gasteiger partial charge in [-0.15, -0.1) is 0 Å². The van der Waals surface area contributed by atoms with Gasteiger partial charge >= 0.3 is 0 Å². The highest BCUT2D eigenvalue weighted by molar-refractivity contribution is 7.85. The molecule has 0 amide bonds. The second-order valence-corrected chi connectivity index (χ2v) is 14.5. The standard InChI is InChI=1S/C29H38ClN5O2S/c1-18(2)34-11-9-29(10-12-34)15-22(16-29)38(37)21-7-8-24(19(3)13-21)32-27-31-17-20-14-23(30)26(36)35(25(20)33-27)28(4,5)6/h7-8,13-14,17-18,22H,9-12,15-16H2,1-6H3,(H,31,32,33). The van der Waals surface area contributed by atoms with E-state index in [1.54, 1.807) is 16.8 Å². The molecule has 1 saturated carbocycles. The van der Waals surface area contributed by atoms with Crippen LogP contribution in [0.1, 0.15) is 65.9 Å².